The van der Waals surface area contributed by atoms with Crippen molar-refractivity contribution in [1.29, 1.82) is 0 Å². The summed E-state index contributed by atoms with van der Waals surface area (Å²) >= 11 is 0. The molecule has 0 aliphatic carbocycles. The van der Waals surface area contributed by atoms with Crippen LogP contribution in [-0.2, 0) is 6.54 Å². The predicted octanol–water partition coefficient (Wildman–Crippen LogP) is 2.08. The van der Waals surface area contributed by atoms with Gasteiger partial charge in [0.05, 0.1) is 29.9 Å². The maximum atomic E-state index is 4.50. The number of imidazole rings is 1. The fourth-order valence-corrected chi connectivity index (χ4v) is 1.88. The number of aromatic nitrogens is 3. The number of hydrogen-bond acceptors (Lipinski definition) is 3. The molecule has 15 heavy (non-hydrogen) atoms. The first-order valence-corrected chi connectivity index (χ1v) is 5.40. The molecule has 0 saturated heterocycles. The van der Waals surface area contributed by atoms with Crippen LogP contribution in [-0.4, -0.2) is 14.5 Å². The highest BCUT2D eigenvalue weighted by Gasteiger charge is 2.20. The number of rotatable bonds is 0. The van der Waals surface area contributed by atoms with Crippen LogP contribution >= 0.6 is 0 Å². The molecule has 2 aromatic heterocycles. The molecule has 1 atom stereocenters. The van der Waals surface area contributed by atoms with Crippen LogP contribution in [0.3, 0.4) is 0 Å². The van der Waals surface area contributed by atoms with E-state index in [2.05, 4.69) is 26.8 Å². The van der Waals surface area contributed by atoms with E-state index in [1.807, 2.05) is 26.1 Å². The first kappa shape index (κ1) is 10.1. The largest absolute Gasteiger partial charge is 0.310 e. The van der Waals surface area contributed by atoms with Crippen LogP contribution in [0.15, 0.2) is 18.5 Å². The summed E-state index contributed by atoms with van der Waals surface area (Å²) in [5.74, 6) is 1.11. The third-order valence-corrected chi connectivity index (χ3v) is 2.51. The van der Waals surface area contributed by atoms with Crippen molar-refractivity contribution in [2.24, 2.45) is 0 Å². The van der Waals surface area contributed by atoms with Crippen molar-refractivity contribution in [3.05, 3.63) is 24.3 Å². The summed E-state index contributed by atoms with van der Waals surface area (Å²) in [6, 6.07) is 1.95. The fraction of sp³-hybridized carbons (Fsp3) is 0.455. The number of nitrogens with one attached hydrogen (secondary N) is 1. The first-order chi connectivity index (χ1) is 7.36. The van der Waals surface area contributed by atoms with Crippen molar-refractivity contribution in [2.45, 2.75) is 33.5 Å². The molecule has 3 rings (SSSR count). The van der Waals surface area contributed by atoms with Crippen LogP contribution in [0.2, 0.25) is 0 Å². The molecule has 4 heteroatoms. The highest BCUT2D eigenvalue weighted by molar-refractivity contribution is 5.75. The lowest BCUT2D eigenvalue weighted by molar-refractivity contribution is 0.522. The lowest BCUT2D eigenvalue weighted by atomic mass is 10.4. The highest BCUT2D eigenvalue weighted by atomic mass is 15.3. The van der Waals surface area contributed by atoms with Crippen molar-refractivity contribution >= 4 is 11.0 Å². The Morgan fingerprint density at radius 2 is 2.27 bits per heavy atom. The lowest BCUT2D eigenvalue weighted by Crippen LogP contribution is -2.12. The minimum atomic E-state index is 0.337. The molecule has 4 nitrogen and oxygen atoms in total. The molecule has 0 spiro atoms. The molecule has 1 aliphatic rings. The molecule has 0 aromatic carbocycles. The second-order valence-corrected chi connectivity index (χ2v) is 3.32. The molecule has 0 saturated carbocycles. The summed E-state index contributed by atoms with van der Waals surface area (Å²) in [4.78, 5) is 8.61. The second kappa shape index (κ2) is 3.98. The maximum absolute atomic E-state index is 4.50. The van der Waals surface area contributed by atoms with E-state index in [4.69, 9.17) is 0 Å². The summed E-state index contributed by atoms with van der Waals surface area (Å²) < 4.78 is 2.20. The van der Waals surface area contributed by atoms with E-state index in [-0.39, 0.29) is 0 Å². The Morgan fingerprint density at radius 3 is 3.07 bits per heavy atom. The molecular weight excluding hydrogens is 188 g/mol. The topological polar surface area (TPSA) is 42.7 Å². The zero-order valence-electron chi connectivity index (χ0n) is 9.36. The van der Waals surface area contributed by atoms with Crippen molar-refractivity contribution < 1.29 is 0 Å². The molecule has 1 N–H and O–H groups in total. The van der Waals surface area contributed by atoms with E-state index in [0.717, 1.165) is 23.4 Å². The lowest BCUT2D eigenvalue weighted by Gasteiger charge is -2.06. The van der Waals surface area contributed by atoms with Gasteiger partial charge in [-0.25, -0.2) is 4.98 Å². The van der Waals surface area contributed by atoms with Crippen molar-refractivity contribution in [2.75, 3.05) is 0 Å². The predicted molar refractivity (Wildman–Crippen MR) is 60.4 cm³/mol. The van der Waals surface area contributed by atoms with E-state index in [0.29, 0.717) is 6.17 Å². The monoisotopic (exact) mass is 204 g/mol. The minimum Gasteiger partial charge on any atom is -0.310 e. The van der Waals surface area contributed by atoms with E-state index < -0.39 is 0 Å². The zero-order chi connectivity index (χ0) is 10.8. The number of fused-ring (bicyclic) bond motifs is 3. The zero-order valence-corrected chi connectivity index (χ0v) is 9.36. The van der Waals surface area contributed by atoms with Gasteiger partial charge in [0.2, 0.25) is 0 Å². The van der Waals surface area contributed by atoms with Gasteiger partial charge in [0, 0.05) is 6.20 Å². The summed E-state index contributed by atoms with van der Waals surface area (Å²) in [7, 11) is 0. The summed E-state index contributed by atoms with van der Waals surface area (Å²) in [5, 5.41) is 3.33. The molecule has 0 fully saturated rings. The number of pyridine rings is 1. The summed E-state index contributed by atoms with van der Waals surface area (Å²) in [5.41, 5.74) is 2.16. The van der Waals surface area contributed by atoms with Gasteiger partial charge >= 0.3 is 0 Å². The first-order valence-electron chi connectivity index (χ1n) is 5.40. The van der Waals surface area contributed by atoms with Crippen LogP contribution in [0, 0.1) is 0 Å². The van der Waals surface area contributed by atoms with Gasteiger partial charge in [-0.1, -0.05) is 13.8 Å². The van der Waals surface area contributed by atoms with Crippen molar-refractivity contribution in [1.82, 2.24) is 19.9 Å². The SMILES string of the molecule is CC.CC1NCc2nc3ccncc3n21. The third-order valence-electron chi connectivity index (χ3n) is 2.51. The summed E-state index contributed by atoms with van der Waals surface area (Å²) in [6.45, 7) is 6.99. The number of nitrogens with zero attached hydrogens (tertiary/aromatic N) is 3. The summed E-state index contributed by atoms with van der Waals surface area (Å²) in [6.07, 6.45) is 3.99. The van der Waals surface area contributed by atoms with Crippen LogP contribution in [0.4, 0.5) is 0 Å². The van der Waals surface area contributed by atoms with Gasteiger partial charge in [0.1, 0.15) is 5.82 Å². The molecule has 1 unspecified atom stereocenters. The van der Waals surface area contributed by atoms with E-state index >= 15 is 0 Å². The van der Waals surface area contributed by atoms with E-state index in [9.17, 15) is 0 Å². The van der Waals surface area contributed by atoms with Gasteiger partial charge in [-0.3, -0.25) is 10.3 Å². The van der Waals surface area contributed by atoms with Crippen molar-refractivity contribution in [3.8, 4) is 0 Å². The maximum Gasteiger partial charge on any atom is 0.125 e. The van der Waals surface area contributed by atoms with Gasteiger partial charge < -0.3 is 4.57 Å². The molecular formula is C11H16N4. The van der Waals surface area contributed by atoms with Crippen molar-refractivity contribution in [3.63, 3.8) is 0 Å². The quantitative estimate of drug-likeness (QED) is 0.714. The Balaban J connectivity index is 0.000000404. The second-order valence-electron chi connectivity index (χ2n) is 3.32. The van der Waals surface area contributed by atoms with Gasteiger partial charge in [0.15, 0.2) is 0 Å². The third kappa shape index (κ3) is 1.51. The Kier molecular flexibility index (Phi) is 2.68. The minimum absolute atomic E-state index is 0.337. The smallest absolute Gasteiger partial charge is 0.125 e. The Morgan fingerprint density at radius 1 is 1.47 bits per heavy atom. The standard InChI is InChI=1S/C9H10N4.C2H6/c1-6-11-5-9-12-7-2-3-10-4-8(7)13(6)9;1-2/h2-4,6,11H,5H2,1H3;1-2H3. The van der Waals surface area contributed by atoms with Crippen LogP contribution in [0.25, 0.3) is 11.0 Å². The van der Waals surface area contributed by atoms with Gasteiger partial charge in [0.25, 0.3) is 0 Å². The molecule has 0 amide bonds. The van der Waals surface area contributed by atoms with E-state index in [1.165, 1.54) is 0 Å². The van der Waals surface area contributed by atoms with Crippen LogP contribution in [0.5, 0.6) is 0 Å². The Labute approximate surface area is 89.3 Å². The average Bonchev–Trinajstić information content (AvgIpc) is 2.82. The Bertz CT molecular complexity index is 461. The molecule has 2 aromatic rings. The molecule has 80 valence electrons. The molecule has 0 bridgehead atoms. The van der Waals surface area contributed by atoms with Gasteiger partial charge in [-0.2, -0.15) is 0 Å². The fourth-order valence-electron chi connectivity index (χ4n) is 1.88. The normalized spacial score (nSPS) is 18.5. The highest BCUT2D eigenvalue weighted by Crippen LogP contribution is 2.23. The molecule has 3 heterocycles. The van der Waals surface area contributed by atoms with Gasteiger partial charge in [-0.15, -0.1) is 0 Å². The molecule has 0 radical (unpaired) electrons. The molecule has 1 aliphatic heterocycles. The van der Waals surface area contributed by atoms with E-state index in [1.54, 1.807) is 6.20 Å². The van der Waals surface area contributed by atoms with Crippen LogP contribution < -0.4 is 5.32 Å². The van der Waals surface area contributed by atoms with Crippen LogP contribution in [0.1, 0.15) is 32.8 Å². The number of hydrogen-bond donors (Lipinski definition) is 1. The van der Waals surface area contributed by atoms with Gasteiger partial charge in [-0.05, 0) is 13.0 Å². The average molecular weight is 204 g/mol. The Hall–Kier alpha value is -1.42.